The minimum atomic E-state index is -0.620. The minimum Gasteiger partial charge on any atom is -0.504 e. The molecule has 0 aliphatic rings. The smallest absolute Gasteiger partial charge is 0.311 e. The largest absolute Gasteiger partial charge is 0.504 e. The molecule has 0 atom stereocenters. The third-order valence-electron chi connectivity index (χ3n) is 4.26. The highest BCUT2D eigenvalue weighted by atomic mass is 16.5. The maximum absolute atomic E-state index is 11.7. The van der Waals surface area contributed by atoms with Crippen LogP contribution in [-0.4, -0.2) is 21.3 Å². The molecule has 5 nitrogen and oxygen atoms in total. The van der Waals surface area contributed by atoms with E-state index in [2.05, 4.69) is 6.92 Å². The Morgan fingerprint density at radius 2 is 1.24 bits per heavy atom. The van der Waals surface area contributed by atoms with Crippen LogP contribution in [0.2, 0.25) is 0 Å². The zero-order valence-electron chi connectivity index (χ0n) is 15.3. The number of phenolic OH excluding ortho intramolecular Hbond substituents is 3. The van der Waals surface area contributed by atoms with Gasteiger partial charge in [0, 0.05) is 18.6 Å². The third kappa shape index (κ3) is 9.22. The zero-order valence-corrected chi connectivity index (χ0v) is 15.3. The van der Waals surface area contributed by atoms with E-state index >= 15 is 0 Å². The number of aromatic hydroxyl groups is 3. The second-order valence-corrected chi connectivity index (χ2v) is 6.57. The molecule has 0 saturated heterocycles. The number of ether oxygens (including phenoxy) is 1. The first-order chi connectivity index (χ1) is 12.0. The SMILES string of the molecule is CCCCCCCCCCCCCC(=O)Oc1cc(O)c(O)c(O)c1. The number of phenols is 3. The fourth-order valence-electron chi connectivity index (χ4n) is 2.75. The molecule has 0 aliphatic carbocycles. The lowest BCUT2D eigenvalue weighted by Crippen LogP contribution is -2.07. The van der Waals surface area contributed by atoms with Gasteiger partial charge in [0.15, 0.2) is 11.5 Å². The highest BCUT2D eigenvalue weighted by Crippen LogP contribution is 2.38. The predicted octanol–water partition coefficient (Wildman–Crippen LogP) is 5.41. The van der Waals surface area contributed by atoms with Gasteiger partial charge in [0.25, 0.3) is 0 Å². The molecule has 5 heteroatoms. The van der Waals surface area contributed by atoms with Crippen LogP contribution in [-0.2, 0) is 4.79 Å². The van der Waals surface area contributed by atoms with Crippen molar-refractivity contribution in [2.45, 2.75) is 84.0 Å². The maximum Gasteiger partial charge on any atom is 0.311 e. The van der Waals surface area contributed by atoms with Gasteiger partial charge in [0.1, 0.15) is 5.75 Å². The highest BCUT2D eigenvalue weighted by molar-refractivity contribution is 5.73. The minimum absolute atomic E-state index is 0.0286. The van der Waals surface area contributed by atoms with Gasteiger partial charge in [0.05, 0.1) is 0 Å². The molecule has 0 spiro atoms. The lowest BCUT2D eigenvalue weighted by Gasteiger charge is -2.07. The Morgan fingerprint density at radius 3 is 1.72 bits per heavy atom. The second kappa shape index (κ2) is 12.5. The van der Waals surface area contributed by atoms with E-state index < -0.39 is 23.2 Å². The topological polar surface area (TPSA) is 87.0 Å². The third-order valence-corrected chi connectivity index (χ3v) is 4.26. The van der Waals surface area contributed by atoms with Gasteiger partial charge in [-0.2, -0.15) is 0 Å². The summed E-state index contributed by atoms with van der Waals surface area (Å²) < 4.78 is 5.05. The molecule has 25 heavy (non-hydrogen) atoms. The van der Waals surface area contributed by atoms with Crippen LogP contribution in [0.15, 0.2) is 12.1 Å². The lowest BCUT2D eigenvalue weighted by molar-refractivity contribution is -0.134. The number of hydrogen-bond acceptors (Lipinski definition) is 5. The summed E-state index contributed by atoms with van der Waals surface area (Å²) in [6.45, 7) is 2.23. The maximum atomic E-state index is 11.7. The van der Waals surface area contributed by atoms with Crippen molar-refractivity contribution in [3.63, 3.8) is 0 Å². The van der Waals surface area contributed by atoms with Crippen molar-refractivity contribution < 1.29 is 24.9 Å². The van der Waals surface area contributed by atoms with Crippen LogP contribution in [0, 0.1) is 0 Å². The van der Waals surface area contributed by atoms with Crippen LogP contribution >= 0.6 is 0 Å². The monoisotopic (exact) mass is 352 g/mol. The van der Waals surface area contributed by atoms with Crippen LogP contribution in [0.4, 0.5) is 0 Å². The van der Waals surface area contributed by atoms with Crippen molar-refractivity contribution in [2.24, 2.45) is 0 Å². The van der Waals surface area contributed by atoms with Gasteiger partial charge in [-0.05, 0) is 6.42 Å². The van der Waals surface area contributed by atoms with Crippen molar-refractivity contribution in [3.05, 3.63) is 12.1 Å². The van der Waals surface area contributed by atoms with Crippen molar-refractivity contribution in [1.82, 2.24) is 0 Å². The highest BCUT2D eigenvalue weighted by Gasteiger charge is 2.11. The predicted molar refractivity (Wildman–Crippen MR) is 98.1 cm³/mol. The van der Waals surface area contributed by atoms with E-state index in [1.54, 1.807) is 0 Å². The molecule has 1 aromatic carbocycles. The first-order valence-corrected chi connectivity index (χ1v) is 9.50. The van der Waals surface area contributed by atoms with E-state index in [9.17, 15) is 20.1 Å². The van der Waals surface area contributed by atoms with E-state index in [1.165, 1.54) is 51.4 Å². The molecular weight excluding hydrogens is 320 g/mol. The number of esters is 1. The molecule has 0 bridgehead atoms. The molecule has 0 radical (unpaired) electrons. The Labute approximate surface area is 150 Å². The first-order valence-electron chi connectivity index (χ1n) is 9.50. The molecule has 0 aliphatic heterocycles. The summed E-state index contributed by atoms with van der Waals surface area (Å²) in [6.07, 6.45) is 13.7. The first kappa shape index (κ1) is 21.1. The Balaban J connectivity index is 2.04. The van der Waals surface area contributed by atoms with Crippen molar-refractivity contribution >= 4 is 5.97 Å². The van der Waals surface area contributed by atoms with Crippen molar-refractivity contribution in [2.75, 3.05) is 0 Å². The summed E-state index contributed by atoms with van der Waals surface area (Å²) in [5, 5.41) is 28.0. The van der Waals surface area contributed by atoms with Gasteiger partial charge in [-0.1, -0.05) is 71.1 Å². The Morgan fingerprint density at radius 1 is 0.800 bits per heavy atom. The Kier molecular flexibility index (Phi) is 10.5. The van der Waals surface area contributed by atoms with Gasteiger partial charge in [0.2, 0.25) is 5.75 Å². The van der Waals surface area contributed by atoms with Crippen molar-refractivity contribution in [1.29, 1.82) is 0 Å². The van der Waals surface area contributed by atoms with Crippen LogP contribution in [0.5, 0.6) is 23.0 Å². The molecule has 3 N–H and O–H groups in total. The molecular formula is C20H32O5. The summed E-state index contributed by atoms with van der Waals surface area (Å²) >= 11 is 0. The molecule has 0 fully saturated rings. The molecule has 1 rings (SSSR count). The number of hydrogen-bond donors (Lipinski definition) is 3. The number of carbonyl (C=O) groups is 1. The van der Waals surface area contributed by atoms with Gasteiger partial charge in [-0.15, -0.1) is 0 Å². The lowest BCUT2D eigenvalue weighted by atomic mass is 10.1. The van der Waals surface area contributed by atoms with Crippen LogP contribution in [0.3, 0.4) is 0 Å². The van der Waals surface area contributed by atoms with Crippen LogP contribution in [0.1, 0.15) is 84.0 Å². The summed E-state index contributed by atoms with van der Waals surface area (Å²) in [4.78, 5) is 11.7. The second-order valence-electron chi connectivity index (χ2n) is 6.57. The fraction of sp³-hybridized carbons (Fsp3) is 0.650. The van der Waals surface area contributed by atoms with Gasteiger partial charge in [-0.25, -0.2) is 0 Å². The van der Waals surface area contributed by atoms with Crippen molar-refractivity contribution in [3.8, 4) is 23.0 Å². The van der Waals surface area contributed by atoms with E-state index in [1.807, 2.05) is 0 Å². The van der Waals surface area contributed by atoms with Crippen LogP contribution < -0.4 is 4.74 Å². The summed E-state index contributed by atoms with van der Waals surface area (Å²) in [5.41, 5.74) is 0. The molecule has 0 saturated carbocycles. The normalized spacial score (nSPS) is 10.8. The van der Waals surface area contributed by atoms with Gasteiger partial charge < -0.3 is 20.1 Å². The molecule has 0 unspecified atom stereocenters. The number of rotatable bonds is 13. The standard InChI is InChI=1S/C20H32O5/c1-2-3-4-5-6-7-8-9-10-11-12-13-19(23)25-16-14-17(21)20(24)18(22)15-16/h14-15,21-22,24H,2-13H2,1H3. The number of carbonyl (C=O) groups excluding carboxylic acids is 1. The summed E-state index contributed by atoms with van der Waals surface area (Å²) in [5.74, 6) is -2.03. The molecule has 0 heterocycles. The van der Waals surface area contributed by atoms with Gasteiger partial charge in [-0.3, -0.25) is 4.79 Å². The van der Waals surface area contributed by atoms with Gasteiger partial charge >= 0.3 is 5.97 Å². The van der Waals surface area contributed by atoms with E-state index in [0.29, 0.717) is 6.42 Å². The summed E-state index contributed by atoms with van der Waals surface area (Å²) in [6, 6.07) is 2.21. The quantitative estimate of drug-likeness (QED) is 0.191. The Bertz CT molecular complexity index is 490. The average Bonchev–Trinajstić information content (AvgIpc) is 2.57. The Hall–Kier alpha value is -1.91. The van der Waals surface area contributed by atoms with E-state index in [4.69, 9.17) is 4.74 Å². The molecule has 142 valence electrons. The number of unbranched alkanes of at least 4 members (excludes halogenated alkanes) is 10. The average molecular weight is 352 g/mol. The van der Waals surface area contributed by atoms with Crippen LogP contribution in [0.25, 0.3) is 0 Å². The molecule has 1 aromatic rings. The van der Waals surface area contributed by atoms with E-state index in [0.717, 1.165) is 31.4 Å². The number of benzene rings is 1. The molecule has 0 amide bonds. The van der Waals surface area contributed by atoms with E-state index in [-0.39, 0.29) is 5.75 Å². The fourth-order valence-corrected chi connectivity index (χ4v) is 2.75. The molecule has 0 aromatic heterocycles. The zero-order chi connectivity index (χ0) is 18.5. The summed E-state index contributed by atoms with van der Waals surface area (Å²) in [7, 11) is 0.